The highest BCUT2D eigenvalue weighted by Crippen LogP contribution is 2.22. The molecule has 6 nitrogen and oxygen atoms in total. The summed E-state index contributed by atoms with van der Waals surface area (Å²) < 4.78 is 4.88. The number of carbonyl (C=O) groups excluding carboxylic acids is 2. The Morgan fingerprint density at radius 2 is 2.05 bits per heavy atom. The highest BCUT2D eigenvalue weighted by Gasteiger charge is 2.15. The molecule has 0 saturated heterocycles. The molecule has 1 amide bonds. The van der Waals surface area contributed by atoms with Gasteiger partial charge in [0.1, 0.15) is 0 Å². The summed E-state index contributed by atoms with van der Waals surface area (Å²) in [4.78, 5) is 30.7. The molecule has 0 aliphatic heterocycles. The van der Waals surface area contributed by atoms with Crippen molar-refractivity contribution in [1.29, 1.82) is 0 Å². The van der Waals surface area contributed by atoms with Crippen LogP contribution in [-0.2, 0) is 9.53 Å². The molecule has 1 N–H and O–H groups in total. The Morgan fingerprint density at radius 3 is 2.75 bits per heavy atom. The van der Waals surface area contributed by atoms with E-state index in [1.54, 1.807) is 0 Å². The number of esters is 1. The maximum absolute atomic E-state index is 11.6. The number of rotatable bonds is 5. The second kappa shape index (κ2) is 7.57. The van der Waals surface area contributed by atoms with Gasteiger partial charge < -0.3 is 10.1 Å². The molecule has 1 saturated carbocycles. The Balaban J connectivity index is 1.66. The van der Waals surface area contributed by atoms with Crippen molar-refractivity contribution in [3.05, 3.63) is 24.3 Å². The monoisotopic (exact) mass is 277 g/mol. The Labute approximate surface area is 118 Å². The average Bonchev–Trinajstić information content (AvgIpc) is 2.52. The third-order valence-electron chi connectivity index (χ3n) is 3.42. The van der Waals surface area contributed by atoms with E-state index >= 15 is 0 Å². The van der Waals surface area contributed by atoms with Crippen molar-refractivity contribution in [3.8, 4) is 0 Å². The van der Waals surface area contributed by atoms with Gasteiger partial charge in [-0.1, -0.05) is 19.3 Å². The first kappa shape index (κ1) is 14.4. The second-order valence-corrected chi connectivity index (χ2v) is 4.97. The first-order valence-electron chi connectivity index (χ1n) is 6.95. The summed E-state index contributed by atoms with van der Waals surface area (Å²) in [6, 6.07) is 0. The summed E-state index contributed by atoms with van der Waals surface area (Å²) in [5.74, 6) is -0.345. The normalized spacial score (nSPS) is 15.6. The van der Waals surface area contributed by atoms with Gasteiger partial charge in [-0.2, -0.15) is 0 Å². The van der Waals surface area contributed by atoms with Gasteiger partial charge >= 0.3 is 5.97 Å². The minimum Gasteiger partial charge on any atom is -0.451 e. The number of carbonyl (C=O) groups is 2. The van der Waals surface area contributed by atoms with Crippen LogP contribution in [0, 0.1) is 5.92 Å². The Bertz CT molecular complexity index is 444. The van der Waals surface area contributed by atoms with E-state index in [-0.39, 0.29) is 18.2 Å². The fourth-order valence-corrected chi connectivity index (χ4v) is 2.31. The van der Waals surface area contributed by atoms with Gasteiger partial charge in [0.05, 0.1) is 6.20 Å². The molecule has 0 spiro atoms. The zero-order chi connectivity index (χ0) is 14.2. The van der Waals surface area contributed by atoms with Crippen LogP contribution in [0.1, 0.15) is 42.6 Å². The highest BCUT2D eigenvalue weighted by molar-refractivity contribution is 5.89. The molecule has 2 rings (SSSR count). The highest BCUT2D eigenvalue weighted by atomic mass is 16.5. The van der Waals surface area contributed by atoms with Crippen LogP contribution in [0.4, 0.5) is 0 Å². The van der Waals surface area contributed by atoms with Crippen LogP contribution in [0.5, 0.6) is 0 Å². The number of hydrogen-bond donors (Lipinski definition) is 1. The van der Waals surface area contributed by atoms with E-state index in [4.69, 9.17) is 4.74 Å². The van der Waals surface area contributed by atoms with Crippen molar-refractivity contribution >= 4 is 11.9 Å². The van der Waals surface area contributed by atoms with Crippen LogP contribution < -0.4 is 5.32 Å². The summed E-state index contributed by atoms with van der Waals surface area (Å²) in [6.45, 7) is 0.393. The Morgan fingerprint density at radius 1 is 1.25 bits per heavy atom. The molecule has 108 valence electrons. The second-order valence-electron chi connectivity index (χ2n) is 4.97. The molecular formula is C14H19N3O3. The van der Waals surface area contributed by atoms with Crippen LogP contribution >= 0.6 is 0 Å². The van der Waals surface area contributed by atoms with Crippen LogP contribution in [0.2, 0.25) is 0 Å². The quantitative estimate of drug-likeness (QED) is 0.821. The minimum atomic E-state index is -0.633. The maximum atomic E-state index is 11.6. The van der Waals surface area contributed by atoms with Gasteiger partial charge in [0.25, 0.3) is 5.91 Å². The van der Waals surface area contributed by atoms with Crippen molar-refractivity contribution in [3.63, 3.8) is 0 Å². The van der Waals surface area contributed by atoms with Crippen molar-refractivity contribution in [2.75, 3.05) is 13.2 Å². The fraction of sp³-hybridized carbons (Fsp3) is 0.571. The average molecular weight is 277 g/mol. The van der Waals surface area contributed by atoms with E-state index in [9.17, 15) is 9.59 Å². The molecule has 6 heteroatoms. The maximum Gasteiger partial charge on any atom is 0.359 e. The largest absolute Gasteiger partial charge is 0.451 e. The van der Waals surface area contributed by atoms with E-state index in [1.807, 2.05) is 0 Å². The lowest BCUT2D eigenvalue weighted by Crippen LogP contribution is -2.33. The SMILES string of the molecule is O=C(COC(=O)c1cnccn1)NCC1CCCCC1. The summed E-state index contributed by atoms with van der Waals surface area (Å²) >= 11 is 0. The number of aromatic nitrogens is 2. The van der Waals surface area contributed by atoms with E-state index in [2.05, 4.69) is 15.3 Å². The molecule has 0 atom stereocenters. The molecule has 0 unspecified atom stereocenters. The van der Waals surface area contributed by atoms with Gasteiger partial charge in [-0.25, -0.2) is 9.78 Å². The van der Waals surface area contributed by atoms with E-state index in [1.165, 1.54) is 50.7 Å². The number of hydrogen-bond acceptors (Lipinski definition) is 5. The molecule has 0 bridgehead atoms. The third kappa shape index (κ3) is 4.60. The van der Waals surface area contributed by atoms with Crippen molar-refractivity contribution < 1.29 is 14.3 Å². The van der Waals surface area contributed by atoms with Crippen LogP contribution in [-0.4, -0.2) is 35.0 Å². The molecular weight excluding hydrogens is 258 g/mol. The number of nitrogens with one attached hydrogen (secondary N) is 1. The zero-order valence-electron chi connectivity index (χ0n) is 11.4. The van der Waals surface area contributed by atoms with Crippen molar-refractivity contribution in [1.82, 2.24) is 15.3 Å². The predicted octanol–water partition coefficient (Wildman–Crippen LogP) is 1.33. The molecule has 20 heavy (non-hydrogen) atoms. The number of amides is 1. The predicted molar refractivity (Wildman–Crippen MR) is 71.9 cm³/mol. The summed E-state index contributed by atoms with van der Waals surface area (Å²) in [7, 11) is 0. The lowest BCUT2D eigenvalue weighted by molar-refractivity contribution is -0.124. The summed E-state index contributed by atoms with van der Waals surface area (Å²) in [5.41, 5.74) is 0.104. The third-order valence-corrected chi connectivity index (χ3v) is 3.42. The van der Waals surface area contributed by atoms with Crippen LogP contribution in [0.25, 0.3) is 0 Å². The van der Waals surface area contributed by atoms with Gasteiger partial charge in [0.15, 0.2) is 12.3 Å². The first-order valence-corrected chi connectivity index (χ1v) is 6.95. The number of nitrogens with zero attached hydrogens (tertiary/aromatic N) is 2. The molecule has 0 aromatic carbocycles. The van der Waals surface area contributed by atoms with E-state index in [0.717, 1.165) is 0 Å². The lowest BCUT2D eigenvalue weighted by atomic mass is 9.89. The molecule has 1 aliphatic carbocycles. The lowest BCUT2D eigenvalue weighted by Gasteiger charge is -2.21. The summed E-state index contributed by atoms with van der Waals surface area (Å²) in [6.07, 6.45) is 10.3. The molecule has 1 heterocycles. The first-order chi connectivity index (χ1) is 9.75. The molecule has 0 radical (unpaired) electrons. The van der Waals surface area contributed by atoms with Gasteiger partial charge in [0, 0.05) is 18.9 Å². The Hall–Kier alpha value is -1.98. The minimum absolute atomic E-state index is 0.104. The van der Waals surface area contributed by atoms with Gasteiger partial charge in [-0.3, -0.25) is 9.78 Å². The van der Waals surface area contributed by atoms with Crippen LogP contribution in [0.15, 0.2) is 18.6 Å². The topological polar surface area (TPSA) is 81.2 Å². The van der Waals surface area contributed by atoms with Gasteiger partial charge in [0.2, 0.25) is 0 Å². The van der Waals surface area contributed by atoms with E-state index in [0.29, 0.717) is 12.5 Å². The molecule has 1 fully saturated rings. The smallest absolute Gasteiger partial charge is 0.359 e. The molecule has 1 aliphatic rings. The molecule has 1 aromatic heterocycles. The van der Waals surface area contributed by atoms with Gasteiger partial charge in [-0.15, -0.1) is 0 Å². The fourth-order valence-electron chi connectivity index (χ4n) is 2.31. The van der Waals surface area contributed by atoms with Crippen molar-refractivity contribution in [2.24, 2.45) is 5.92 Å². The molecule has 1 aromatic rings. The van der Waals surface area contributed by atoms with Crippen molar-refractivity contribution in [2.45, 2.75) is 32.1 Å². The van der Waals surface area contributed by atoms with Gasteiger partial charge in [-0.05, 0) is 18.8 Å². The summed E-state index contributed by atoms with van der Waals surface area (Å²) in [5, 5.41) is 2.81. The van der Waals surface area contributed by atoms with Crippen LogP contribution in [0.3, 0.4) is 0 Å². The Kier molecular flexibility index (Phi) is 5.46. The standard InChI is InChI=1S/C14H19N3O3/c18-13(17-8-11-4-2-1-3-5-11)10-20-14(19)12-9-15-6-7-16-12/h6-7,9,11H,1-5,8,10H2,(H,17,18). The van der Waals surface area contributed by atoms with E-state index < -0.39 is 5.97 Å². The number of ether oxygens (including phenoxy) is 1. The zero-order valence-corrected chi connectivity index (χ0v) is 11.4.